The molecular weight excluding hydrogens is 296 g/mol. The van der Waals surface area contributed by atoms with Gasteiger partial charge >= 0.3 is 0 Å². The van der Waals surface area contributed by atoms with Gasteiger partial charge in [0.1, 0.15) is 4.88 Å². The molecule has 1 heterocycles. The van der Waals surface area contributed by atoms with Crippen LogP contribution >= 0.6 is 11.3 Å². The standard InChI is InChI=1S/C17H20N2O2S/c1-12-16(22-11-18-12)17(21)19(15(10-20)14-7-8-14)9-13-5-3-2-4-6-13/h2-6,11,14-15,20H,7-10H2,1H3. The highest BCUT2D eigenvalue weighted by Crippen LogP contribution is 2.36. The Morgan fingerprint density at radius 1 is 1.41 bits per heavy atom. The number of amides is 1. The molecule has 5 heteroatoms. The van der Waals surface area contributed by atoms with Crippen LogP contribution in [0.4, 0.5) is 0 Å². The maximum atomic E-state index is 12.9. The first kappa shape index (κ1) is 15.2. The van der Waals surface area contributed by atoms with Crippen molar-refractivity contribution in [1.29, 1.82) is 0 Å². The van der Waals surface area contributed by atoms with Crippen molar-refractivity contribution in [2.75, 3.05) is 6.61 Å². The van der Waals surface area contributed by atoms with Crippen molar-refractivity contribution >= 4 is 17.2 Å². The topological polar surface area (TPSA) is 53.4 Å². The molecule has 1 aliphatic carbocycles. The number of carbonyl (C=O) groups is 1. The fourth-order valence-corrected chi connectivity index (χ4v) is 3.50. The van der Waals surface area contributed by atoms with Crippen LogP contribution in [0.5, 0.6) is 0 Å². The van der Waals surface area contributed by atoms with Gasteiger partial charge in [0.05, 0.1) is 23.9 Å². The van der Waals surface area contributed by atoms with Crippen molar-refractivity contribution in [3.63, 3.8) is 0 Å². The summed E-state index contributed by atoms with van der Waals surface area (Å²) >= 11 is 1.37. The zero-order valence-corrected chi connectivity index (χ0v) is 13.4. The van der Waals surface area contributed by atoms with Gasteiger partial charge in [0, 0.05) is 6.54 Å². The Morgan fingerprint density at radius 3 is 2.68 bits per heavy atom. The lowest BCUT2D eigenvalue weighted by molar-refractivity contribution is 0.0535. The first-order valence-corrected chi connectivity index (χ1v) is 8.44. The van der Waals surface area contributed by atoms with E-state index in [4.69, 9.17) is 0 Å². The second-order valence-electron chi connectivity index (χ2n) is 5.77. The number of aliphatic hydroxyl groups is 1. The van der Waals surface area contributed by atoms with Gasteiger partial charge < -0.3 is 10.0 Å². The van der Waals surface area contributed by atoms with Crippen molar-refractivity contribution in [2.24, 2.45) is 5.92 Å². The molecule has 1 aromatic heterocycles. The lowest BCUT2D eigenvalue weighted by Crippen LogP contribution is -2.43. The van der Waals surface area contributed by atoms with E-state index in [0.717, 1.165) is 24.1 Å². The summed E-state index contributed by atoms with van der Waals surface area (Å²) in [5, 5.41) is 9.79. The molecule has 1 fully saturated rings. The maximum absolute atomic E-state index is 12.9. The summed E-state index contributed by atoms with van der Waals surface area (Å²) in [5.41, 5.74) is 3.55. The summed E-state index contributed by atoms with van der Waals surface area (Å²) < 4.78 is 0. The lowest BCUT2D eigenvalue weighted by atomic mass is 10.1. The third kappa shape index (κ3) is 3.20. The Kier molecular flexibility index (Phi) is 4.55. The Bertz CT molecular complexity index is 637. The first-order valence-electron chi connectivity index (χ1n) is 7.56. The van der Waals surface area contributed by atoms with E-state index in [2.05, 4.69) is 4.98 Å². The SMILES string of the molecule is Cc1ncsc1C(=O)N(Cc1ccccc1)C(CO)C1CC1. The molecule has 1 N–H and O–H groups in total. The largest absolute Gasteiger partial charge is 0.394 e. The number of aromatic nitrogens is 1. The van der Waals surface area contributed by atoms with E-state index in [1.807, 2.05) is 42.2 Å². The van der Waals surface area contributed by atoms with E-state index in [1.54, 1.807) is 5.51 Å². The van der Waals surface area contributed by atoms with Crippen molar-refractivity contribution in [3.05, 3.63) is 52.0 Å². The van der Waals surface area contributed by atoms with Gasteiger partial charge in [0.25, 0.3) is 5.91 Å². The molecule has 0 radical (unpaired) electrons. The molecule has 2 aromatic rings. The number of aryl methyl sites for hydroxylation is 1. The molecular formula is C17H20N2O2S. The molecule has 3 rings (SSSR count). The number of hydrogen-bond donors (Lipinski definition) is 1. The minimum absolute atomic E-state index is 0.0150. The smallest absolute Gasteiger partial charge is 0.266 e. The molecule has 1 saturated carbocycles. The van der Waals surface area contributed by atoms with Crippen molar-refractivity contribution in [1.82, 2.24) is 9.88 Å². The van der Waals surface area contributed by atoms with E-state index >= 15 is 0 Å². The van der Waals surface area contributed by atoms with Gasteiger partial charge in [0.15, 0.2) is 0 Å². The molecule has 1 atom stereocenters. The Morgan fingerprint density at radius 2 is 2.14 bits per heavy atom. The zero-order chi connectivity index (χ0) is 15.5. The Balaban J connectivity index is 1.88. The maximum Gasteiger partial charge on any atom is 0.266 e. The van der Waals surface area contributed by atoms with Crippen LogP contribution in [-0.2, 0) is 6.54 Å². The predicted octanol–water partition coefficient (Wildman–Crippen LogP) is 2.86. The van der Waals surface area contributed by atoms with Gasteiger partial charge in [-0.05, 0) is 31.2 Å². The second-order valence-corrected chi connectivity index (χ2v) is 6.63. The van der Waals surface area contributed by atoms with Crippen LogP contribution in [0.25, 0.3) is 0 Å². The van der Waals surface area contributed by atoms with E-state index in [1.165, 1.54) is 11.3 Å². The van der Waals surface area contributed by atoms with Crippen LogP contribution < -0.4 is 0 Å². The van der Waals surface area contributed by atoms with E-state index in [-0.39, 0.29) is 18.6 Å². The highest BCUT2D eigenvalue weighted by Gasteiger charge is 2.38. The first-order chi connectivity index (χ1) is 10.7. The van der Waals surface area contributed by atoms with Gasteiger partial charge in [-0.15, -0.1) is 11.3 Å². The summed E-state index contributed by atoms with van der Waals surface area (Å²) in [7, 11) is 0. The number of aliphatic hydroxyl groups excluding tert-OH is 1. The van der Waals surface area contributed by atoms with E-state index in [9.17, 15) is 9.90 Å². The van der Waals surface area contributed by atoms with Crippen LogP contribution in [0.3, 0.4) is 0 Å². The summed E-state index contributed by atoms with van der Waals surface area (Å²) in [4.78, 5) is 19.6. The van der Waals surface area contributed by atoms with Crippen LogP contribution in [0.1, 0.15) is 33.8 Å². The Hall–Kier alpha value is -1.72. The summed E-state index contributed by atoms with van der Waals surface area (Å²) in [5.74, 6) is 0.403. The molecule has 22 heavy (non-hydrogen) atoms. The van der Waals surface area contributed by atoms with Crippen LogP contribution in [0.15, 0.2) is 35.8 Å². The highest BCUT2D eigenvalue weighted by molar-refractivity contribution is 7.11. The average molecular weight is 316 g/mol. The number of nitrogens with zero attached hydrogens (tertiary/aromatic N) is 2. The predicted molar refractivity (Wildman–Crippen MR) is 86.8 cm³/mol. The van der Waals surface area contributed by atoms with Crippen LogP contribution in [0, 0.1) is 12.8 Å². The quantitative estimate of drug-likeness (QED) is 0.891. The van der Waals surface area contributed by atoms with Crippen LogP contribution in [0.2, 0.25) is 0 Å². The molecule has 116 valence electrons. The molecule has 1 unspecified atom stereocenters. The third-order valence-corrected chi connectivity index (χ3v) is 5.07. The fraction of sp³-hybridized carbons (Fsp3) is 0.412. The van der Waals surface area contributed by atoms with Crippen molar-refractivity contribution < 1.29 is 9.90 Å². The number of rotatable bonds is 6. The number of benzene rings is 1. The van der Waals surface area contributed by atoms with Crippen molar-refractivity contribution in [3.8, 4) is 0 Å². The van der Waals surface area contributed by atoms with E-state index in [0.29, 0.717) is 17.3 Å². The van der Waals surface area contributed by atoms with Crippen molar-refractivity contribution in [2.45, 2.75) is 32.4 Å². The van der Waals surface area contributed by atoms with E-state index < -0.39 is 0 Å². The molecule has 1 aliphatic rings. The highest BCUT2D eigenvalue weighted by atomic mass is 32.1. The normalized spacial score (nSPS) is 15.5. The molecule has 1 amide bonds. The summed E-state index contributed by atoms with van der Waals surface area (Å²) in [6.07, 6.45) is 2.18. The number of hydrogen-bond acceptors (Lipinski definition) is 4. The number of carbonyl (C=O) groups excluding carboxylic acids is 1. The molecule has 1 aromatic carbocycles. The number of thiazole rings is 1. The monoisotopic (exact) mass is 316 g/mol. The fourth-order valence-electron chi connectivity index (χ4n) is 2.74. The van der Waals surface area contributed by atoms with Gasteiger partial charge in [-0.2, -0.15) is 0 Å². The van der Waals surface area contributed by atoms with Gasteiger partial charge in [-0.1, -0.05) is 30.3 Å². The molecule has 4 nitrogen and oxygen atoms in total. The molecule has 0 spiro atoms. The molecule has 0 bridgehead atoms. The van der Waals surface area contributed by atoms with Gasteiger partial charge in [-0.25, -0.2) is 4.98 Å². The molecule has 0 saturated heterocycles. The minimum Gasteiger partial charge on any atom is -0.394 e. The Labute approximate surface area is 134 Å². The third-order valence-electron chi connectivity index (χ3n) is 4.15. The minimum atomic E-state index is -0.103. The summed E-state index contributed by atoms with van der Waals surface area (Å²) in [6, 6.07) is 9.84. The average Bonchev–Trinajstić information content (AvgIpc) is 3.28. The zero-order valence-electron chi connectivity index (χ0n) is 12.6. The second kappa shape index (κ2) is 6.58. The lowest BCUT2D eigenvalue weighted by Gasteiger charge is -2.30. The van der Waals surface area contributed by atoms with Crippen LogP contribution in [-0.4, -0.2) is 33.5 Å². The molecule has 0 aliphatic heterocycles. The van der Waals surface area contributed by atoms with Gasteiger partial charge in [-0.3, -0.25) is 4.79 Å². The van der Waals surface area contributed by atoms with Gasteiger partial charge in [0.2, 0.25) is 0 Å². The summed E-state index contributed by atoms with van der Waals surface area (Å²) in [6.45, 7) is 2.40.